The van der Waals surface area contributed by atoms with Gasteiger partial charge in [0.25, 0.3) is 0 Å². The van der Waals surface area contributed by atoms with Gasteiger partial charge in [-0.05, 0) is 77.0 Å². The van der Waals surface area contributed by atoms with Gasteiger partial charge in [0.15, 0.2) is 6.10 Å². The van der Waals surface area contributed by atoms with Crippen molar-refractivity contribution in [2.45, 2.75) is 193 Å². The first kappa shape index (κ1) is 55.8. The maximum absolute atomic E-state index is 12.8. The lowest BCUT2D eigenvalue weighted by molar-refractivity contribution is -0.889. The number of ether oxygens (including phenoxy) is 3. The Morgan fingerprint density at radius 3 is 1.53 bits per heavy atom. The van der Waals surface area contributed by atoms with E-state index in [0.29, 0.717) is 12.8 Å². The van der Waals surface area contributed by atoms with Crippen molar-refractivity contribution in [3.05, 3.63) is 72.9 Å². The highest BCUT2D eigenvalue weighted by atomic mass is 16.6. The predicted octanol–water partition coefficient (Wildman–Crippen LogP) is 11.8. The molecule has 0 rings (SSSR count). The van der Waals surface area contributed by atoms with E-state index in [1.807, 2.05) is 0 Å². The fourth-order valence-corrected chi connectivity index (χ4v) is 6.46. The number of aliphatic carboxylic acids is 1. The van der Waals surface area contributed by atoms with Crippen LogP contribution in [-0.4, -0.2) is 75.5 Å². The van der Waals surface area contributed by atoms with Crippen LogP contribution in [0.1, 0.15) is 181 Å². The van der Waals surface area contributed by atoms with Crippen LogP contribution in [0.15, 0.2) is 72.9 Å². The molecule has 2 unspecified atom stereocenters. The van der Waals surface area contributed by atoms with Crippen LogP contribution in [-0.2, 0) is 28.6 Å². The number of unbranched alkanes of at least 4 members (excludes halogenated alkanes) is 16. The molecule has 0 radical (unpaired) electrons. The number of quaternary nitrogens is 1. The number of hydrogen-bond acceptors (Lipinski definition) is 7. The zero-order valence-electron chi connectivity index (χ0n) is 38.4. The Morgan fingerprint density at radius 1 is 0.542 bits per heavy atom. The van der Waals surface area contributed by atoms with Crippen LogP contribution in [0.5, 0.6) is 0 Å². The summed E-state index contributed by atoms with van der Waals surface area (Å²) in [6.45, 7) is 4.48. The van der Waals surface area contributed by atoms with Crippen LogP contribution in [0.2, 0.25) is 0 Å². The van der Waals surface area contributed by atoms with Crippen molar-refractivity contribution in [1.29, 1.82) is 0 Å². The summed E-state index contributed by atoms with van der Waals surface area (Å²) in [5, 5.41) is 11.6. The Bertz CT molecular complexity index is 1190. The van der Waals surface area contributed by atoms with Crippen LogP contribution < -0.4 is 5.11 Å². The largest absolute Gasteiger partial charge is 0.544 e. The Morgan fingerprint density at radius 2 is 1.00 bits per heavy atom. The molecule has 0 aliphatic heterocycles. The molecule has 8 heteroatoms. The predicted molar refractivity (Wildman–Crippen MR) is 245 cm³/mol. The van der Waals surface area contributed by atoms with Gasteiger partial charge in [-0.3, -0.25) is 9.59 Å². The molecule has 0 fully saturated rings. The molecule has 338 valence electrons. The first-order valence-corrected chi connectivity index (χ1v) is 23.5. The van der Waals surface area contributed by atoms with Crippen LogP contribution in [0.3, 0.4) is 0 Å². The molecule has 0 saturated carbocycles. The van der Waals surface area contributed by atoms with E-state index < -0.39 is 18.1 Å². The Hall–Kier alpha value is -3.23. The lowest BCUT2D eigenvalue weighted by atomic mass is 10.1. The zero-order valence-corrected chi connectivity index (χ0v) is 38.4. The van der Waals surface area contributed by atoms with Gasteiger partial charge < -0.3 is 28.6 Å². The van der Waals surface area contributed by atoms with Gasteiger partial charge in [-0.1, -0.05) is 157 Å². The highest BCUT2D eigenvalue weighted by molar-refractivity contribution is 5.70. The second-order valence-electron chi connectivity index (χ2n) is 16.6. The van der Waals surface area contributed by atoms with E-state index in [4.69, 9.17) is 14.2 Å². The molecule has 8 nitrogen and oxygen atoms in total. The molecular formula is C51H87NO7. The Labute approximate surface area is 361 Å². The maximum atomic E-state index is 12.8. The van der Waals surface area contributed by atoms with Crippen LogP contribution in [0.4, 0.5) is 0 Å². The highest BCUT2D eigenvalue weighted by Crippen LogP contribution is 2.14. The maximum Gasteiger partial charge on any atom is 0.306 e. The molecule has 0 N–H and O–H groups in total. The summed E-state index contributed by atoms with van der Waals surface area (Å²) in [5.41, 5.74) is 0. The van der Waals surface area contributed by atoms with Gasteiger partial charge in [0.05, 0.1) is 40.3 Å². The summed E-state index contributed by atoms with van der Waals surface area (Å²) >= 11 is 0. The third-order valence-electron chi connectivity index (χ3n) is 10.1. The summed E-state index contributed by atoms with van der Waals surface area (Å²) in [4.78, 5) is 36.9. The number of carbonyl (C=O) groups excluding carboxylic acids is 3. The Kier molecular flexibility index (Phi) is 39.2. The Balaban J connectivity index is 4.36. The first-order valence-electron chi connectivity index (χ1n) is 23.5. The van der Waals surface area contributed by atoms with Crippen molar-refractivity contribution in [2.75, 3.05) is 41.0 Å². The van der Waals surface area contributed by atoms with E-state index >= 15 is 0 Å². The number of carboxylic acid groups (broad SMARTS) is 1. The van der Waals surface area contributed by atoms with Gasteiger partial charge in [0, 0.05) is 19.3 Å². The summed E-state index contributed by atoms with van der Waals surface area (Å²) < 4.78 is 17.2. The highest BCUT2D eigenvalue weighted by Gasteiger charge is 2.25. The molecule has 0 aliphatic carbocycles. The number of carbonyl (C=O) groups is 3. The van der Waals surface area contributed by atoms with Crippen molar-refractivity contribution in [3.8, 4) is 0 Å². The molecule has 0 aliphatic rings. The van der Waals surface area contributed by atoms with Crippen molar-refractivity contribution < 1.29 is 38.2 Å². The number of hydrogen-bond donors (Lipinski definition) is 0. The molecule has 59 heavy (non-hydrogen) atoms. The molecule has 0 aromatic carbocycles. The number of carboxylic acids is 1. The standard InChI is InChI=1S/C51H87NO7/c1-6-8-10-12-14-16-18-20-22-24-25-26-28-30-32-34-36-38-40-42-50(54)59-47(45-57-44-43-48(51(55)56)52(3,4)5)46-58-49(53)41-39-37-35-33-31-29-27-23-21-19-17-15-13-11-9-7-2/h9,11,14-18,20-21,23,29,31,47-48H,6-8,10,12-13,19,22,24-28,30,32-46H2,1-5H3/b11-9+,16-14+,17-15+,20-18+,23-21+,31-29+. The molecule has 0 spiro atoms. The van der Waals surface area contributed by atoms with Gasteiger partial charge in [0.1, 0.15) is 12.6 Å². The smallest absolute Gasteiger partial charge is 0.306 e. The lowest BCUT2D eigenvalue weighted by Crippen LogP contribution is -2.55. The van der Waals surface area contributed by atoms with Gasteiger partial charge in [-0.25, -0.2) is 0 Å². The zero-order chi connectivity index (χ0) is 43.5. The summed E-state index contributed by atoms with van der Waals surface area (Å²) in [7, 11) is 5.39. The molecule has 0 bridgehead atoms. The van der Waals surface area contributed by atoms with E-state index in [2.05, 4.69) is 86.8 Å². The van der Waals surface area contributed by atoms with Crippen molar-refractivity contribution in [1.82, 2.24) is 0 Å². The number of esters is 2. The molecule has 2 atom stereocenters. The fraction of sp³-hybridized carbons (Fsp3) is 0.706. The average molecular weight is 826 g/mol. The molecule has 0 amide bonds. The lowest BCUT2D eigenvalue weighted by Gasteiger charge is -2.34. The molecule has 0 aromatic rings. The fourth-order valence-electron chi connectivity index (χ4n) is 6.46. The average Bonchev–Trinajstić information content (AvgIpc) is 3.19. The minimum absolute atomic E-state index is 0.0258. The first-order chi connectivity index (χ1) is 28.6. The molecule has 0 heterocycles. The van der Waals surface area contributed by atoms with Crippen molar-refractivity contribution in [3.63, 3.8) is 0 Å². The second kappa shape index (κ2) is 41.5. The minimum atomic E-state index is -1.13. The SMILES string of the molecule is CC/C=C/C/C=C/C/C=C/C/C=C/CCCCCC(=O)OCC(COCCC(C(=O)[O-])[N+](C)(C)C)OC(=O)CCCCCCCCCCCC/C=C/C=C/CCCCC. The number of allylic oxidation sites excluding steroid dienone is 12. The summed E-state index contributed by atoms with van der Waals surface area (Å²) in [6, 6.07) is -0.734. The monoisotopic (exact) mass is 826 g/mol. The van der Waals surface area contributed by atoms with Crippen LogP contribution in [0, 0.1) is 0 Å². The third-order valence-corrected chi connectivity index (χ3v) is 10.1. The minimum Gasteiger partial charge on any atom is -0.544 e. The van der Waals surface area contributed by atoms with E-state index in [9.17, 15) is 19.5 Å². The van der Waals surface area contributed by atoms with E-state index in [0.717, 1.165) is 77.0 Å². The topological polar surface area (TPSA) is 102 Å². The number of nitrogens with zero attached hydrogens (tertiary/aromatic N) is 1. The third kappa shape index (κ3) is 40.0. The number of rotatable bonds is 41. The number of likely N-dealkylation sites (N-methyl/N-ethyl adjacent to an activating group) is 1. The van der Waals surface area contributed by atoms with Gasteiger partial charge in [-0.15, -0.1) is 0 Å². The van der Waals surface area contributed by atoms with Crippen LogP contribution >= 0.6 is 0 Å². The molecular weight excluding hydrogens is 739 g/mol. The summed E-state index contributed by atoms with van der Waals surface area (Å²) in [5.74, 6) is -1.78. The van der Waals surface area contributed by atoms with Gasteiger partial charge in [0.2, 0.25) is 0 Å². The normalized spacial score (nSPS) is 13.6. The van der Waals surface area contributed by atoms with E-state index in [1.54, 1.807) is 21.1 Å². The van der Waals surface area contributed by atoms with Crippen molar-refractivity contribution in [2.24, 2.45) is 0 Å². The second-order valence-corrected chi connectivity index (χ2v) is 16.6. The van der Waals surface area contributed by atoms with E-state index in [1.165, 1.54) is 70.6 Å². The van der Waals surface area contributed by atoms with Gasteiger partial charge in [-0.2, -0.15) is 0 Å². The molecule has 0 saturated heterocycles. The quantitative estimate of drug-likeness (QED) is 0.0199. The van der Waals surface area contributed by atoms with E-state index in [-0.39, 0.29) is 42.7 Å². The summed E-state index contributed by atoms with van der Waals surface area (Å²) in [6.07, 6.45) is 52.1. The van der Waals surface area contributed by atoms with Crippen LogP contribution in [0.25, 0.3) is 0 Å². The molecule has 0 aromatic heterocycles. The van der Waals surface area contributed by atoms with Gasteiger partial charge >= 0.3 is 11.9 Å². The van der Waals surface area contributed by atoms with Crippen molar-refractivity contribution >= 4 is 17.9 Å².